The van der Waals surface area contributed by atoms with Gasteiger partial charge in [0.2, 0.25) is 5.95 Å². The minimum absolute atomic E-state index is 0.131. The molecule has 150 valence electrons. The van der Waals surface area contributed by atoms with E-state index in [0.717, 1.165) is 17.7 Å². The number of hydrogen-bond donors (Lipinski definition) is 2. The average Bonchev–Trinajstić information content (AvgIpc) is 2.67. The highest BCUT2D eigenvalue weighted by Gasteiger charge is 2.14. The zero-order chi connectivity index (χ0) is 21.0. The predicted octanol–water partition coefficient (Wildman–Crippen LogP) is 5.35. The van der Waals surface area contributed by atoms with Crippen LogP contribution in [0.15, 0.2) is 54.6 Å². The number of aryl methyl sites for hydroxylation is 1. The fraction of sp³-hybridized carbons (Fsp3) is 0.217. The van der Waals surface area contributed by atoms with Crippen molar-refractivity contribution in [2.24, 2.45) is 5.92 Å². The standard InChI is InChI=1S/C23H24FN3O2/c1-14(2)12-16-6-4-5-7-20(16)29-18-10-8-17(9-11-18)26-23(28)19-13-15(3)21(24)27-22(19)25/h4-11,13-14H,12H2,1-3H3,(H2,25,27)(H,26,28). The van der Waals surface area contributed by atoms with Crippen molar-refractivity contribution in [1.82, 2.24) is 4.98 Å². The molecule has 3 aromatic rings. The molecule has 6 heteroatoms. The van der Waals surface area contributed by atoms with Gasteiger partial charge < -0.3 is 15.8 Å². The molecule has 2 aromatic carbocycles. The van der Waals surface area contributed by atoms with Gasteiger partial charge in [-0.25, -0.2) is 4.98 Å². The third kappa shape index (κ3) is 5.10. The van der Waals surface area contributed by atoms with Crippen LogP contribution in [-0.4, -0.2) is 10.9 Å². The lowest BCUT2D eigenvalue weighted by atomic mass is 10.0. The van der Waals surface area contributed by atoms with E-state index in [2.05, 4.69) is 30.2 Å². The SMILES string of the molecule is Cc1cc(C(=O)Nc2ccc(Oc3ccccc3CC(C)C)cc2)c(N)nc1F. The number of anilines is 2. The Morgan fingerprint density at radius 1 is 1.17 bits per heavy atom. The Kier molecular flexibility index (Phi) is 6.12. The highest BCUT2D eigenvalue weighted by Crippen LogP contribution is 2.28. The summed E-state index contributed by atoms with van der Waals surface area (Å²) in [6.45, 7) is 5.86. The Hall–Kier alpha value is -3.41. The molecule has 1 amide bonds. The molecule has 0 aliphatic carbocycles. The zero-order valence-electron chi connectivity index (χ0n) is 16.7. The number of carbonyl (C=O) groups excluding carboxylic acids is 1. The van der Waals surface area contributed by atoms with E-state index in [-0.39, 0.29) is 16.9 Å². The zero-order valence-corrected chi connectivity index (χ0v) is 16.7. The summed E-state index contributed by atoms with van der Waals surface area (Å²) in [5.41, 5.74) is 7.78. The first kappa shape index (κ1) is 20.3. The number of ether oxygens (including phenoxy) is 1. The average molecular weight is 393 g/mol. The third-order valence-electron chi connectivity index (χ3n) is 4.37. The van der Waals surface area contributed by atoms with Crippen molar-refractivity contribution < 1.29 is 13.9 Å². The van der Waals surface area contributed by atoms with E-state index in [1.165, 1.54) is 13.0 Å². The van der Waals surface area contributed by atoms with Crippen molar-refractivity contribution in [3.05, 3.63) is 77.2 Å². The summed E-state index contributed by atoms with van der Waals surface area (Å²) in [5, 5.41) is 2.74. The minimum atomic E-state index is -0.682. The fourth-order valence-electron chi connectivity index (χ4n) is 2.93. The van der Waals surface area contributed by atoms with E-state index >= 15 is 0 Å². The molecule has 3 rings (SSSR count). The number of benzene rings is 2. The summed E-state index contributed by atoms with van der Waals surface area (Å²) in [6, 6.07) is 16.4. The van der Waals surface area contributed by atoms with Gasteiger partial charge in [0.1, 0.15) is 17.3 Å². The number of aromatic nitrogens is 1. The molecule has 5 nitrogen and oxygen atoms in total. The van der Waals surface area contributed by atoms with Crippen LogP contribution in [0.2, 0.25) is 0 Å². The highest BCUT2D eigenvalue weighted by molar-refractivity contribution is 6.07. The van der Waals surface area contributed by atoms with Crippen molar-refractivity contribution in [3.63, 3.8) is 0 Å². The molecule has 3 N–H and O–H groups in total. The monoisotopic (exact) mass is 393 g/mol. The van der Waals surface area contributed by atoms with Crippen LogP contribution in [0.25, 0.3) is 0 Å². The van der Waals surface area contributed by atoms with E-state index in [1.54, 1.807) is 24.3 Å². The number of nitrogen functional groups attached to an aromatic ring is 1. The van der Waals surface area contributed by atoms with Crippen LogP contribution >= 0.6 is 0 Å². The van der Waals surface area contributed by atoms with Crippen molar-refractivity contribution in [2.45, 2.75) is 27.2 Å². The summed E-state index contributed by atoms with van der Waals surface area (Å²) in [4.78, 5) is 16.0. The van der Waals surface area contributed by atoms with Crippen LogP contribution < -0.4 is 15.8 Å². The predicted molar refractivity (Wildman–Crippen MR) is 113 cm³/mol. The van der Waals surface area contributed by atoms with E-state index in [1.807, 2.05) is 18.2 Å². The molecule has 0 unspecified atom stereocenters. The number of halogens is 1. The first-order valence-corrected chi connectivity index (χ1v) is 9.43. The number of amides is 1. The Balaban J connectivity index is 1.71. The van der Waals surface area contributed by atoms with Crippen LogP contribution in [0, 0.1) is 18.8 Å². The Morgan fingerprint density at radius 3 is 2.55 bits per heavy atom. The summed E-state index contributed by atoms with van der Waals surface area (Å²) in [6.07, 6.45) is 0.927. The van der Waals surface area contributed by atoms with Crippen molar-refractivity contribution in [3.8, 4) is 11.5 Å². The lowest BCUT2D eigenvalue weighted by Crippen LogP contribution is -2.16. The van der Waals surface area contributed by atoms with Gasteiger partial charge >= 0.3 is 0 Å². The number of hydrogen-bond acceptors (Lipinski definition) is 4. The summed E-state index contributed by atoms with van der Waals surface area (Å²) >= 11 is 0. The van der Waals surface area contributed by atoms with Gasteiger partial charge in [0.05, 0.1) is 5.56 Å². The van der Waals surface area contributed by atoms with Gasteiger partial charge in [-0.1, -0.05) is 32.0 Å². The Bertz CT molecular complexity index is 1020. The van der Waals surface area contributed by atoms with Gasteiger partial charge in [0.25, 0.3) is 5.91 Å². The molecule has 1 aromatic heterocycles. The van der Waals surface area contributed by atoms with E-state index < -0.39 is 11.9 Å². The van der Waals surface area contributed by atoms with E-state index in [4.69, 9.17) is 10.5 Å². The van der Waals surface area contributed by atoms with Crippen molar-refractivity contribution in [1.29, 1.82) is 0 Å². The molecule has 0 aliphatic heterocycles. The maximum Gasteiger partial charge on any atom is 0.259 e. The van der Waals surface area contributed by atoms with Crippen molar-refractivity contribution in [2.75, 3.05) is 11.1 Å². The van der Waals surface area contributed by atoms with Gasteiger partial charge in [0.15, 0.2) is 0 Å². The first-order chi connectivity index (χ1) is 13.8. The third-order valence-corrected chi connectivity index (χ3v) is 4.37. The largest absolute Gasteiger partial charge is 0.457 e. The second kappa shape index (κ2) is 8.73. The lowest BCUT2D eigenvalue weighted by Gasteiger charge is -2.13. The number of carbonyl (C=O) groups is 1. The molecule has 0 fully saturated rings. The van der Waals surface area contributed by atoms with Crippen LogP contribution in [0.4, 0.5) is 15.9 Å². The molecule has 29 heavy (non-hydrogen) atoms. The highest BCUT2D eigenvalue weighted by atomic mass is 19.1. The molecule has 0 bridgehead atoms. The van der Waals surface area contributed by atoms with Gasteiger partial charge in [-0.2, -0.15) is 4.39 Å². The molecule has 0 saturated heterocycles. The first-order valence-electron chi connectivity index (χ1n) is 9.43. The quantitative estimate of drug-likeness (QED) is 0.553. The van der Waals surface area contributed by atoms with Gasteiger partial charge in [-0.3, -0.25) is 4.79 Å². The number of nitrogens with zero attached hydrogens (tertiary/aromatic N) is 1. The fourth-order valence-corrected chi connectivity index (χ4v) is 2.93. The molecular formula is C23H24FN3O2. The summed E-state index contributed by atoms with van der Waals surface area (Å²) in [5.74, 6) is 0.727. The van der Waals surface area contributed by atoms with Gasteiger partial charge in [0, 0.05) is 11.3 Å². The molecule has 0 radical (unpaired) electrons. The maximum absolute atomic E-state index is 13.4. The van der Waals surface area contributed by atoms with E-state index in [9.17, 15) is 9.18 Å². The topological polar surface area (TPSA) is 77.2 Å². The van der Waals surface area contributed by atoms with Crippen molar-refractivity contribution >= 4 is 17.4 Å². The second-order valence-electron chi connectivity index (χ2n) is 7.32. The Labute approximate surface area is 169 Å². The second-order valence-corrected chi connectivity index (χ2v) is 7.32. The smallest absolute Gasteiger partial charge is 0.259 e. The molecule has 1 heterocycles. The molecule has 0 atom stereocenters. The van der Waals surface area contributed by atoms with E-state index in [0.29, 0.717) is 17.4 Å². The van der Waals surface area contributed by atoms with Crippen LogP contribution in [-0.2, 0) is 6.42 Å². The number of rotatable bonds is 6. The normalized spacial score (nSPS) is 10.8. The Morgan fingerprint density at radius 2 is 1.86 bits per heavy atom. The van der Waals surface area contributed by atoms with Gasteiger partial charge in [-0.15, -0.1) is 0 Å². The van der Waals surface area contributed by atoms with Crippen LogP contribution in [0.5, 0.6) is 11.5 Å². The van der Waals surface area contributed by atoms with Crippen LogP contribution in [0.1, 0.15) is 35.3 Å². The summed E-state index contributed by atoms with van der Waals surface area (Å²) < 4.78 is 19.5. The molecule has 0 saturated carbocycles. The molecule has 0 aliphatic rings. The maximum atomic E-state index is 13.4. The number of nitrogens with two attached hydrogens (primary N) is 1. The summed E-state index contributed by atoms with van der Waals surface area (Å²) in [7, 11) is 0. The van der Waals surface area contributed by atoms with Crippen LogP contribution in [0.3, 0.4) is 0 Å². The molecular weight excluding hydrogens is 369 g/mol. The molecule has 0 spiro atoms. The lowest BCUT2D eigenvalue weighted by molar-refractivity contribution is 0.102. The number of pyridine rings is 1. The number of para-hydroxylation sites is 1. The minimum Gasteiger partial charge on any atom is -0.457 e. The number of nitrogens with one attached hydrogen (secondary N) is 1. The van der Waals surface area contributed by atoms with Gasteiger partial charge in [-0.05, 0) is 61.2 Å².